The van der Waals surface area contributed by atoms with E-state index >= 15 is 0 Å². The maximum atomic E-state index is 2.47. The van der Waals surface area contributed by atoms with E-state index in [9.17, 15) is 0 Å². The predicted molar refractivity (Wildman–Crippen MR) is 170 cm³/mol. The van der Waals surface area contributed by atoms with E-state index in [1.165, 1.54) is 83.5 Å². The molecule has 0 aromatic carbocycles. The van der Waals surface area contributed by atoms with E-state index in [2.05, 4.69) is 20.8 Å². The van der Waals surface area contributed by atoms with E-state index in [0.29, 0.717) is 0 Å². The van der Waals surface area contributed by atoms with Crippen molar-refractivity contribution in [2.45, 2.75) is 192 Å². The third-order valence-electron chi connectivity index (χ3n) is 9.54. The minimum atomic E-state index is 0. The molecule has 0 bridgehead atoms. The summed E-state index contributed by atoms with van der Waals surface area (Å²) in [5.41, 5.74) is 0. The molecule has 4 saturated carbocycles. The monoisotopic (exact) mass is 509 g/mol. The second-order valence-electron chi connectivity index (χ2n) is 12.5. The Hall–Kier alpha value is 0. The Balaban J connectivity index is 0. The van der Waals surface area contributed by atoms with E-state index in [1.807, 2.05) is 27.7 Å². The first-order valence-electron chi connectivity index (χ1n) is 16.6. The van der Waals surface area contributed by atoms with E-state index < -0.39 is 0 Å². The third-order valence-corrected chi connectivity index (χ3v) is 9.54. The Kier molecular flexibility index (Phi) is 25.5. The van der Waals surface area contributed by atoms with Crippen molar-refractivity contribution in [2.24, 2.45) is 41.4 Å². The lowest BCUT2D eigenvalue weighted by Gasteiger charge is -2.34. The van der Waals surface area contributed by atoms with Crippen molar-refractivity contribution in [1.29, 1.82) is 0 Å². The summed E-state index contributed by atoms with van der Waals surface area (Å²) in [6.07, 6.45) is 30.6. The molecule has 4 fully saturated rings. The summed E-state index contributed by atoms with van der Waals surface area (Å²) in [5, 5.41) is 0. The quantitative estimate of drug-likeness (QED) is 0.348. The minimum Gasteiger partial charge on any atom is -0.0776 e. The Bertz CT molecular complexity index is 405. The molecule has 0 aromatic rings. The van der Waals surface area contributed by atoms with Gasteiger partial charge in [0.05, 0.1) is 0 Å². The summed E-state index contributed by atoms with van der Waals surface area (Å²) in [4.78, 5) is 0. The fourth-order valence-electron chi connectivity index (χ4n) is 7.17. The van der Waals surface area contributed by atoms with Crippen LogP contribution >= 0.6 is 0 Å². The summed E-state index contributed by atoms with van der Waals surface area (Å²) in [7, 11) is 0. The average molecular weight is 509 g/mol. The van der Waals surface area contributed by atoms with Gasteiger partial charge in [-0.15, -0.1) is 0 Å². The van der Waals surface area contributed by atoms with Crippen LogP contribution in [0.1, 0.15) is 192 Å². The third kappa shape index (κ3) is 16.8. The molecule has 0 heterocycles. The lowest BCUT2D eigenvalue weighted by molar-refractivity contribution is 0.173. The van der Waals surface area contributed by atoms with Gasteiger partial charge in [0.2, 0.25) is 0 Å². The fraction of sp³-hybridized carbons (Fsp3) is 1.00. The van der Waals surface area contributed by atoms with Crippen LogP contribution in [-0.4, -0.2) is 0 Å². The summed E-state index contributed by atoms with van der Waals surface area (Å²) in [5.74, 6) is 7.51. The van der Waals surface area contributed by atoms with Gasteiger partial charge in [0.15, 0.2) is 0 Å². The zero-order valence-electron chi connectivity index (χ0n) is 25.2. The maximum Gasteiger partial charge on any atom is -0.0383 e. The van der Waals surface area contributed by atoms with Gasteiger partial charge in [0.25, 0.3) is 0 Å². The second kappa shape index (κ2) is 24.1. The predicted octanol–water partition coefficient (Wildman–Crippen LogP) is 13.5. The van der Waals surface area contributed by atoms with Crippen LogP contribution in [-0.2, 0) is 0 Å². The van der Waals surface area contributed by atoms with Gasteiger partial charge in [0, 0.05) is 0 Å². The van der Waals surface area contributed by atoms with E-state index in [-0.39, 0.29) is 14.9 Å². The zero-order valence-corrected chi connectivity index (χ0v) is 25.2. The molecule has 220 valence electrons. The molecule has 0 radical (unpaired) electrons. The lowest BCUT2D eigenvalue weighted by atomic mass is 9.72. The summed E-state index contributed by atoms with van der Waals surface area (Å²) in [6, 6.07) is 0. The topological polar surface area (TPSA) is 0 Å². The van der Waals surface area contributed by atoms with Gasteiger partial charge in [0.1, 0.15) is 0 Å². The largest absolute Gasteiger partial charge is 0.0776 e. The molecule has 0 N–H and O–H groups in total. The Labute approximate surface area is 233 Å². The van der Waals surface area contributed by atoms with Crippen LogP contribution in [0.5, 0.6) is 0 Å². The minimum absolute atomic E-state index is 0. The number of hydrogen-bond donors (Lipinski definition) is 0. The molecular formula is C36H76. The molecule has 0 heteroatoms. The molecule has 0 aromatic heterocycles. The summed E-state index contributed by atoms with van der Waals surface area (Å²) >= 11 is 0. The van der Waals surface area contributed by atoms with Crippen LogP contribution in [0.2, 0.25) is 0 Å². The van der Waals surface area contributed by atoms with Crippen LogP contribution in [0, 0.1) is 41.4 Å². The molecule has 0 nitrogen and oxygen atoms in total. The zero-order chi connectivity index (χ0) is 25.2. The van der Waals surface area contributed by atoms with Crippen LogP contribution in [0.25, 0.3) is 0 Å². The number of rotatable bonds is 2. The van der Waals surface area contributed by atoms with Gasteiger partial charge in [-0.3, -0.25) is 0 Å². The molecule has 36 heavy (non-hydrogen) atoms. The molecule has 0 saturated heterocycles. The molecule has 4 aliphatic carbocycles. The van der Waals surface area contributed by atoms with Crippen molar-refractivity contribution in [3.8, 4) is 0 Å². The van der Waals surface area contributed by atoms with Gasteiger partial charge in [-0.25, -0.2) is 0 Å². The smallest absolute Gasteiger partial charge is 0.0383 e. The highest BCUT2D eigenvalue weighted by atomic mass is 14.4. The van der Waals surface area contributed by atoms with E-state index in [1.54, 1.807) is 44.9 Å². The van der Waals surface area contributed by atoms with Crippen LogP contribution < -0.4 is 0 Å². The SMILES string of the molecule is C.C.CC.CC.CC1CCCC(C)CCC1.CC1CCCC(C2CCCCCC(C3CC3)C2)CCC1. The average Bonchev–Trinajstić information content (AvgIpc) is 3.64. The van der Waals surface area contributed by atoms with Crippen molar-refractivity contribution in [3.05, 3.63) is 0 Å². The Morgan fingerprint density at radius 3 is 0.917 bits per heavy atom. The van der Waals surface area contributed by atoms with Crippen molar-refractivity contribution in [1.82, 2.24) is 0 Å². The molecule has 4 rings (SSSR count). The second-order valence-corrected chi connectivity index (χ2v) is 12.5. The van der Waals surface area contributed by atoms with Crippen molar-refractivity contribution >= 4 is 0 Å². The van der Waals surface area contributed by atoms with Crippen molar-refractivity contribution in [2.75, 3.05) is 0 Å². The highest BCUT2D eigenvalue weighted by Gasteiger charge is 2.35. The van der Waals surface area contributed by atoms with E-state index in [0.717, 1.165) is 41.4 Å². The first-order valence-corrected chi connectivity index (χ1v) is 16.6. The van der Waals surface area contributed by atoms with Crippen molar-refractivity contribution in [3.63, 3.8) is 0 Å². The normalized spacial score (nSPS) is 33.4. The van der Waals surface area contributed by atoms with Crippen LogP contribution in [0.15, 0.2) is 0 Å². The first-order chi connectivity index (χ1) is 16.6. The molecular weight excluding hydrogens is 432 g/mol. The highest BCUT2D eigenvalue weighted by molar-refractivity contribution is 4.86. The molecule has 0 aliphatic heterocycles. The van der Waals surface area contributed by atoms with Gasteiger partial charge in [-0.2, -0.15) is 0 Å². The van der Waals surface area contributed by atoms with Gasteiger partial charge in [-0.05, 0) is 60.7 Å². The van der Waals surface area contributed by atoms with Crippen molar-refractivity contribution < 1.29 is 0 Å². The standard InChI is InChI=1S/C20H36.C10H20.2C2H6.2CH4/c1-16-7-5-11-17(12-6-8-16)19-9-3-2-4-10-20(15-19)18-13-14-18;1-9-5-3-7-10(2)8-4-6-9;2*1-2;;/h16-20H,2-15H2,1H3;9-10H,3-8H2,1-2H3;2*1-2H3;2*1H4. The molecule has 0 spiro atoms. The summed E-state index contributed by atoms with van der Waals surface area (Å²) in [6.45, 7) is 15.3. The van der Waals surface area contributed by atoms with E-state index in [4.69, 9.17) is 0 Å². The van der Waals surface area contributed by atoms with Gasteiger partial charge < -0.3 is 0 Å². The Morgan fingerprint density at radius 1 is 0.306 bits per heavy atom. The molecule has 2 unspecified atom stereocenters. The lowest BCUT2D eigenvalue weighted by Crippen LogP contribution is -2.22. The first kappa shape index (κ1) is 38.1. The fourth-order valence-corrected chi connectivity index (χ4v) is 7.17. The number of hydrogen-bond acceptors (Lipinski definition) is 0. The highest BCUT2D eigenvalue weighted by Crippen LogP contribution is 2.46. The molecule has 2 atom stereocenters. The molecule has 4 aliphatic rings. The van der Waals surface area contributed by atoms with Crippen LogP contribution in [0.4, 0.5) is 0 Å². The van der Waals surface area contributed by atoms with Gasteiger partial charge >= 0.3 is 0 Å². The Morgan fingerprint density at radius 2 is 0.583 bits per heavy atom. The van der Waals surface area contributed by atoms with Crippen LogP contribution in [0.3, 0.4) is 0 Å². The maximum absolute atomic E-state index is 2.47. The van der Waals surface area contributed by atoms with Gasteiger partial charge in [-0.1, -0.05) is 172 Å². The molecule has 0 amide bonds. The summed E-state index contributed by atoms with van der Waals surface area (Å²) < 4.78 is 0.